The highest BCUT2D eigenvalue weighted by Crippen LogP contribution is 2.52. The van der Waals surface area contributed by atoms with E-state index in [9.17, 15) is 4.79 Å². The summed E-state index contributed by atoms with van der Waals surface area (Å²) in [7, 11) is 3.29. The van der Waals surface area contributed by atoms with Crippen molar-refractivity contribution < 1.29 is 4.79 Å². The number of aryl methyl sites for hydroxylation is 3. The zero-order valence-electron chi connectivity index (χ0n) is 16.9. The lowest BCUT2D eigenvalue weighted by Gasteiger charge is -2.43. The Morgan fingerprint density at radius 1 is 1.14 bits per heavy atom. The molecule has 8 heteroatoms. The Bertz CT molecular complexity index is 1160. The van der Waals surface area contributed by atoms with Gasteiger partial charge in [-0.15, -0.1) is 0 Å². The summed E-state index contributed by atoms with van der Waals surface area (Å²) < 4.78 is 0.898. The lowest BCUT2D eigenvalue weighted by Crippen LogP contribution is -2.48. The molecule has 29 heavy (non-hydrogen) atoms. The topological polar surface area (TPSA) is 46.1 Å². The van der Waals surface area contributed by atoms with Gasteiger partial charge in [0.15, 0.2) is 5.16 Å². The van der Waals surface area contributed by atoms with Crippen molar-refractivity contribution >= 4 is 56.3 Å². The van der Waals surface area contributed by atoms with Crippen molar-refractivity contribution in [1.29, 1.82) is 0 Å². The number of nitrogens with zero attached hydrogens (tertiary/aromatic N) is 3. The highest BCUT2D eigenvalue weighted by Gasteiger charge is 2.42. The summed E-state index contributed by atoms with van der Waals surface area (Å²) in [5.74, 6) is 0.327. The van der Waals surface area contributed by atoms with Crippen molar-refractivity contribution in [3.63, 3.8) is 0 Å². The van der Waals surface area contributed by atoms with Crippen LogP contribution in [-0.4, -0.2) is 21.6 Å². The summed E-state index contributed by atoms with van der Waals surface area (Å²) in [5.41, 5.74) is 5.62. The fraction of sp³-hybridized carbons (Fsp3) is 0.333. The fourth-order valence-electron chi connectivity index (χ4n) is 3.74. The molecule has 3 heterocycles. The highest BCUT2D eigenvalue weighted by molar-refractivity contribution is 7.99. The quantitative estimate of drug-likeness (QED) is 0.199. The SMILES string of the molecule is Cc1ccc2c(c1)-c1c(ssc1=S)C(C)(C)N2C(=O)CSc1nc(C)cc(C)n1. The van der Waals surface area contributed by atoms with E-state index in [0.29, 0.717) is 5.16 Å². The molecule has 1 aromatic carbocycles. The molecule has 1 amide bonds. The minimum atomic E-state index is -0.461. The van der Waals surface area contributed by atoms with Gasteiger partial charge >= 0.3 is 0 Å². The van der Waals surface area contributed by atoms with Crippen LogP contribution in [0.15, 0.2) is 29.4 Å². The molecule has 0 radical (unpaired) electrons. The molecular weight excluding hydrogens is 439 g/mol. The number of fused-ring (bicyclic) bond motifs is 3. The molecule has 0 spiro atoms. The second-order valence-electron chi connectivity index (χ2n) is 7.69. The van der Waals surface area contributed by atoms with Crippen molar-refractivity contribution in [2.24, 2.45) is 0 Å². The molecule has 0 fully saturated rings. The van der Waals surface area contributed by atoms with Crippen LogP contribution in [-0.2, 0) is 10.3 Å². The summed E-state index contributed by atoms with van der Waals surface area (Å²) >= 11 is 7.03. The molecule has 1 aliphatic heterocycles. The Balaban J connectivity index is 1.73. The van der Waals surface area contributed by atoms with Gasteiger partial charge in [-0.3, -0.25) is 4.79 Å². The Hall–Kier alpha value is -1.61. The van der Waals surface area contributed by atoms with Gasteiger partial charge in [-0.2, -0.15) is 0 Å². The van der Waals surface area contributed by atoms with Gasteiger partial charge in [0.1, 0.15) is 3.82 Å². The van der Waals surface area contributed by atoms with E-state index in [-0.39, 0.29) is 11.7 Å². The number of carbonyl (C=O) groups is 1. The van der Waals surface area contributed by atoms with Crippen molar-refractivity contribution in [3.05, 3.63) is 49.9 Å². The molecule has 4 nitrogen and oxygen atoms in total. The van der Waals surface area contributed by atoms with Crippen molar-refractivity contribution in [2.45, 2.75) is 45.3 Å². The van der Waals surface area contributed by atoms with Crippen LogP contribution in [0, 0.1) is 24.6 Å². The fourth-order valence-corrected chi connectivity index (χ4v) is 7.82. The van der Waals surface area contributed by atoms with E-state index in [4.69, 9.17) is 12.2 Å². The molecule has 0 unspecified atom stereocenters. The molecule has 4 rings (SSSR count). The zero-order chi connectivity index (χ0) is 20.9. The highest BCUT2D eigenvalue weighted by atomic mass is 32.9. The normalized spacial score (nSPS) is 14.4. The van der Waals surface area contributed by atoms with Gasteiger partial charge in [-0.1, -0.05) is 56.3 Å². The average molecular weight is 460 g/mol. The first-order valence-corrected chi connectivity index (χ1v) is 12.8. The third-order valence-electron chi connectivity index (χ3n) is 4.94. The van der Waals surface area contributed by atoms with Crippen LogP contribution < -0.4 is 4.90 Å². The van der Waals surface area contributed by atoms with Gasteiger partial charge in [0, 0.05) is 22.5 Å². The standard InChI is InChI=1S/C21H21N3OS4/c1-11-6-7-15-14(8-11)17-18(28-29-19(17)26)21(4,5)24(15)16(25)10-27-20-22-12(2)9-13(3)23-20/h6-9H,10H2,1-5H3. The molecule has 0 N–H and O–H groups in total. The third-order valence-corrected chi connectivity index (χ3v) is 9.11. The van der Waals surface area contributed by atoms with Crippen molar-refractivity contribution in [1.82, 2.24) is 9.97 Å². The maximum atomic E-state index is 13.5. The number of carbonyl (C=O) groups excluding carboxylic acids is 1. The number of thioether (sulfide) groups is 1. The van der Waals surface area contributed by atoms with Crippen LogP contribution in [0.3, 0.4) is 0 Å². The smallest absolute Gasteiger partial charge is 0.238 e. The van der Waals surface area contributed by atoms with Gasteiger partial charge in [-0.25, -0.2) is 9.97 Å². The van der Waals surface area contributed by atoms with Crippen LogP contribution in [0.2, 0.25) is 0 Å². The van der Waals surface area contributed by atoms with Crippen LogP contribution >= 0.6 is 44.7 Å². The number of hydrogen-bond acceptors (Lipinski definition) is 7. The molecular formula is C21H21N3OS4. The minimum absolute atomic E-state index is 0.0443. The first-order valence-electron chi connectivity index (χ1n) is 9.21. The Labute approximate surface area is 187 Å². The lowest BCUT2D eigenvalue weighted by molar-refractivity contribution is -0.117. The second kappa shape index (κ2) is 7.58. The molecule has 3 aromatic rings. The zero-order valence-corrected chi connectivity index (χ0v) is 20.2. The maximum absolute atomic E-state index is 13.5. The van der Waals surface area contributed by atoms with E-state index in [1.54, 1.807) is 20.7 Å². The van der Waals surface area contributed by atoms with Crippen LogP contribution in [0.1, 0.15) is 35.7 Å². The summed E-state index contributed by atoms with van der Waals surface area (Å²) in [4.78, 5) is 25.4. The van der Waals surface area contributed by atoms with E-state index in [1.807, 2.05) is 30.9 Å². The first-order chi connectivity index (χ1) is 13.7. The van der Waals surface area contributed by atoms with E-state index < -0.39 is 5.54 Å². The van der Waals surface area contributed by atoms with Gasteiger partial charge in [-0.05, 0) is 52.8 Å². The van der Waals surface area contributed by atoms with Crippen molar-refractivity contribution in [3.8, 4) is 11.1 Å². The van der Waals surface area contributed by atoms with Gasteiger partial charge in [0.05, 0.1) is 21.9 Å². The minimum Gasteiger partial charge on any atom is -0.301 e. The second-order valence-corrected chi connectivity index (χ2v) is 11.4. The Kier molecular flexibility index (Phi) is 5.40. The Morgan fingerprint density at radius 2 is 1.83 bits per heavy atom. The van der Waals surface area contributed by atoms with E-state index in [2.05, 4.69) is 42.9 Å². The average Bonchev–Trinajstić information content (AvgIpc) is 3.02. The molecule has 1 aliphatic rings. The first kappa shape index (κ1) is 20.7. The molecule has 2 aromatic heterocycles. The molecule has 150 valence electrons. The lowest BCUT2D eigenvalue weighted by atomic mass is 9.87. The van der Waals surface area contributed by atoms with E-state index in [0.717, 1.165) is 42.5 Å². The summed E-state index contributed by atoms with van der Waals surface area (Å²) in [6.45, 7) is 10.2. The molecule has 0 atom stereocenters. The predicted molar refractivity (Wildman–Crippen MR) is 126 cm³/mol. The number of hydrogen-bond donors (Lipinski definition) is 0. The number of benzene rings is 1. The van der Waals surface area contributed by atoms with Gasteiger partial charge in [0.25, 0.3) is 0 Å². The Morgan fingerprint density at radius 3 is 2.52 bits per heavy atom. The largest absolute Gasteiger partial charge is 0.301 e. The number of anilines is 1. The predicted octanol–water partition coefficient (Wildman–Crippen LogP) is 6.30. The van der Waals surface area contributed by atoms with E-state index in [1.165, 1.54) is 11.8 Å². The number of rotatable bonds is 3. The molecule has 0 bridgehead atoms. The summed E-state index contributed by atoms with van der Waals surface area (Å²) in [6, 6.07) is 8.17. The maximum Gasteiger partial charge on any atom is 0.238 e. The molecule has 0 aliphatic carbocycles. The van der Waals surface area contributed by atoms with Gasteiger partial charge in [0.2, 0.25) is 5.91 Å². The number of amides is 1. The van der Waals surface area contributed by atoms with Crippen LogP contribution in [0.5, 0.6) is 0 Å². The van der Waals surface area contributed by atoms with Gasteiger partial charge < -0.3 is 4.90 Å². The monoisotopic (exact) mass is 459 g/mol. The van der Waals surface area contributed by atoms with E-state index >= 15 is 0 Å². The van der Waals surface area contributed by atoms with Crippen molar-refractivity contribution in [2.75, 3.05) is 10.7 Å². The number of aromatic nitrogens is 2. The summed E-state index contributed by atoms with van der Waals surface area (Å²) in [6.07, 6.45) is 0. The third kappa shape index (κ3) is 3.67. The molecule has 0 saturated heterocycles. The summed E-state index contributed by atoms with van der Waals surface area (Å²) in [5, 5.41) is 0.640. The molecule has 0 saturated carbocycles. The van der Waals surface area contributed by atoms with Crippen LogP contribution in [0.4, 0.5) is 5.69 Å². The van der Waals surface area contributed by atoms with Crippen LogP contribution in [0.25, 0.3) is 11.1 Å².